The first-order valence-electron chi connectivity index (χ1n) is 6.82. The van der Waals surface area contributed by atoms with Gasteiger partial charge in [-0.05, 0) is 24.3 Å². The molecule has 0 spiro atoms. The van der Waals surface area contributed by atoms with Gasteiger partial charge < -0.3 is 24.7 Å². The summed E-state index contributed by atoms with van der Waals surface area (Å²) in [5.74, 6) is -0.801. The SMILES string of the molecule is O=C(COn1cccc(C(=O)O)c1=O)Nc1ccc2c(c1)OCO2. The molecule has 2 N–H and O–H groups in total. The van der Waals surface area contributed by atoms with E-state index in [2.05, 4.69) is 5.32 Å². The van der Waals surface area contributed by atoms with Crippen LogP contribution >= 0.6 is 0 Å². The molecule has 0 bridgehead atoms. The van der Waals surface area contributed by atoms with E-state index in [-0.39, 0.29) is 6.79 Å². The number of fused-ring (bicyclic) bond motifs is 1. The molecule has 9 heteroatoms. The average Bonchev–Trinajstić information content (AvgIpc) is 3.01. The van der Waals surface area contributed by atoms with Gasteiger partial charge in [0.15, 0.2) is 18.1 Å². The molecular weight excluding hydrogens is 320 g/mol. The lowest BCUT2D eigenvalue weighted by Crippen LogP contribution is -2.34. The first-order chi connectivity index (χ1) is 11.5. The summed E-state index contributed by atoms with van der Waals surface area (Å²) in [6.07, 6.45) is 1.22. The Hall–Kier alpha value is -3.49. The van der Waals surface area contributed by atoms with E-state index in [0.29, 0.717) is 21.9 Å². The maximum absolute atomic E-state index is 11.9. The quantitative estimate of drug-likeness (QED) is 0.811. The first-order valence-corrected chi connectivity index (χ1v) is 6.82. The molecule has 1 aliphatic heterocycles. The van der Waals surface area contributed by atoms with Crippen molar-refractivity contribution in [1.82, 2.24) is 4.73 Å². The number of amides is 1. The maximum Gasteiger partial charge on any atom is 0.341 e. The Bertz CT molecular complexity index is 859. The van der Waals surface area contributed by atoms with Crippen molar-refractivity contribution in [2.45, 2.75) is 0 Å². The number of nitrogens with zero attached hydrogens (tertiary/aromatic N) is 1. The van der Waals surface area contributed by atoms with Gasteiger partial charge in [-0.2, -0.15) is 4.73 Å². The Balaban J connectivity index is 1.63. The van der Waals surface area contributed by atoms with Gasteiger partial charge in [0.25, 0.3) is 11.5 Å². The number of ether oxygens (including phenoxy) is 2. The molecule has 1 aliphatic rings. The zero-order valence-electron chi connectivity index (χ0n) is 12.2. The number of aromatic nitrogens is 1. The molecule has 0 atom stereocenters. The Morgan fingerprint density at radius 2 is 2.04 bits per heavy atom. The number of benzene rings is 1. The van der Waals surface area contributed by atoms with Crippen LogP contribution in [0.4, 0.5) is 5.69 Å². The minimum absolute atomic E-state index is 0.124. The number of rotatable bonds is 5. The number of aromatic carboxylic acids is 1. The van der Waals surface area contributed by atoms with Crippen LogP contribution in [0.25, 0.3) is 0 Å². The van der Waals surface area contributed by atoms with Crippen molar-refractivity contribution in [3.8, 4) is 11.5 Å². The summed E-state index contributed by atoms with van der Waals surface area (Å²) in [4.78, 5) is 39.6. The van der Waals surface area contributed by atoms with Gasteiger partial charge in [0.1, 0.15) is 5.56 Å². The number of carbonyl (C=O) groups excluding carboxylic acids is 1. The molecule has 1 amide bonds. The number of anilines is 1. The third kappa shape index (κ3) is 3.14. The minimum Gasteiger partial charge on any atom is -0.477 e. The highest BCUT2D eigenvalue weighted by Crippen LogP contribution is 2.34. The smallest absolute Gasteiger partial charge is 0.341 e. The van der Waals surface area contributed by atoms with Gasteiger partial charge in [-0.3, -0.25) is 9.59 Å². The number of hydrogen-bond donors (Lipinski definition) is 2. The van der Waals surface area contributed by atoms with Gasteiger partial charge >= 0.3 is 5.97 Å². The monoisotopic (exact) mass is 332 g/mol. The largest absolute Gasteiger partial charge is 0.477 e. The number of carboxylic acids is 1. The third-order valence-corrected chi connectivity index (χ3v) is 3.14. The Kier molecular flexibility index (Phi) is 4.06. The van der Waals surface area contributed by atoms with Gasteiger partial charge in [-0.15, -0.1) is 0 Å². The molecule has 2 heterocycles. The summed E-state index contributed by atoms with van der Waals surface area (Å²) in [5.41, 5.74) is -0.839. The summed E-state index contributed by atoms with van der Waals surface area (Å²) in [6, 6.07) is 7.36. The van der Waals surface area contributed by atoms with E-state index in [4.69, 9.17) is 19.4 Å². The molecule has 0 radical (unpaired) electrons. The summed E-state index contributed by atoms with van der Waals surface area (Å²) >= 11 is 0. The number of hydrogen-bond acceptors (Lipinski definition) is 6. The minimum atomic E-state index is -1.37. The van der Waals surface area contributed by atoms with Crippen molar-refractivity contribution < 1.29 is 29.0 Å². The second-order valence-electron chi connectivity index (χ2n) is 4.75. The molecule has 1 aromatic heterocycles. The van der Waals surface area contributed by atoms with Crippen LogP contribution in [0.2, 0.25) is 0 Å². The van der Waals surface area contributed by atoms with Crippen LogP contribution in [0.15, 0.2) is 41.3 Å². The van der Waals surface area contributed by atoms with E-state index < -0.39 is 29.6 Å². The Morgan fingerprint density at radius 1 is 1.25 bits per heavy atom. The van der Waals surface area contributed by atoms with E-state index in [0.717, 1.165) is 6.07 Å². The normalized spacial score (nSPS) is 11.8. The van der Waals surface area contributed by atoms with Crippen molar-refractivity contribution in [1.29, 1.82) is 0 Å². The molecule has 0 fully saturated rings. The molecule has 3 rings (SSSR count). The average molecular weight is 332 g/mol. The molecule has 2 aromatic rings. The summed E-state index contributed by atoms with van der Waals surface area (Å²) in [5, 5.41) is 11.4. The van der Waals surface area contributed by atoms with Gasteiger partial charge in [0.05, 0.1) is 0 Å². The fraction of sp³-hybridized carbons (Fsp3) is 0.133. The van der Waals surface area contributed by atoms with Crippen LogP contribution in [0.1, 0.15) is 10.4 Å². The van der Waals surface area contributed by atoms with E-state index in [1.165, 1.54) is 12.3 Å². The fourth-order valence-electron chi connectivity index (χ4n) is 2.04. The Morgan fingerprint density at radius 3 is 2.83 bits per heavy atom. The lowest BCUT2D eigenvalue weighted by Gasteiger charge is -2.09. The number of carbonyl (C=O) groups is 2. The van der Waals surface area contributed by atoms with Crippen molar-refractivity contribution in [2.75, 3.05) is 18.7 Å². The zero-order chi connectivity index (χ0) is 17.1. The second-order valence-corrected chi connectivity index (χ2v) is 4.75. The van der Waals surface area contributed by atoms with Crippen LogP contribution < -0.4 is 25.2 Å². The molecule has 24 heavy (non-hydrogen) atoms. The topological polar surface area (TPSA) is 116 Å². The van der Waals surface area contributed by atoms with Crippen LogP contribution in [0, 0.1) is 0 Å². The molecule has 0 saturated carbocycles. The maximum atomic E-state index is 11.9. The predicted molar refractivity (Wildman–Crippen MR) is 80.3 cm³/mol. The predicted octanol–water partition coefficient (Wildman–Crippen LogP) is 0.342. The molecule has 9 nitrogen and oxygen atoms in total. The molecule has 0 saturated heterocycles. The van der Waals surface area contributed by atoms with Crippen molar-refractivity contribution in [3.63, 3.8) is 0 Å². The molecule has 124 valence electrons. The summed E-state index contributed by atoms with van der Waals surface area (Å²) in [6.45, 7) is -0.351. The zero-order valence-corrected chi connectivity index (χ0v) is 12.2. The highest BCUT2D eigenvalue weighted by atomic mass is 16.7. The number of pyridine rings is 1. The van der Waals surface area contributed by atoms with Crippen molar-refractivity contribution in [3.05, 3.63) is 52.4 Å². The van der Waals surface area contributed by atoms with E-state index >= 15 is 0 Å². The van der Waals surface area contributed by atoms with Crippen LogP contribution in [0.5, 0.6) is 11.5 Å². The van der Waals surface area contributed by atoms with Crippen LogP contribution in [0.3, 0.4) is 0 Å². The van der Waals surface area contributed by atoms with Gasteiger partial charge in [-0.1, -0.05) is 0 Å². The second kappa shape index (κ2) is 6.32. The van der Waals surface area contributed by atoms with Gasteiger partial charge in [0, 0.05) is 18.0 Å². The third-order valence-electron chi connectivity index (χ3n) is 3.14. The van der Waals surface area contributed by atoms with Crippen LogP contribution in [-0.2, 0) is 4.79 Å². The highest BCUT2D eigenvalue weighted by Gasteiger charge is 2.15. The van der Waals surface area contributed by atoms with Crippen molar-refractivity contribution >= 4 is 17.6 Å². The first kappa shape index (κ1) is 15.4. The number of nitrogens with one attached hydrogen (secondary N) is 1. The molecule has 0 unspecified atom stereocenters. The molecular formula is C15H12N2O7. The molecule has 0 aliphatic carbocycles. The molecule has 1 aromatic carbocycles. The standard InChI is InChI=1S/C15H12N2O7/c18-13(16-9-3-4-11-12(6-9)23-8-22-11)7-24-17-5-1-2-10(14(17)19)15(20)21/h1-6H,7-8H2,(H,16,18)(H,20,21). The van der Waals surface area contributed by atoms with Crippen molar-refractivity contribution in [2.24, 2.45) is 0 Å². The fourth-order valence-corrected chi connectivity index (χ4v) is 2.04. The Labute approximate surface area is 134 Å². The lowest BCUT2D eigenvalue weighted by atomic mass is 10.3. The lowest BCUT2D eigenvalue weighted by molar-refractivity contribution is -0.120. The summed E-state index contributed by atoms with van der Waals surface area (Å²) < 4.78 is 11.1. The van der Waals surface area contributed by atoms with E-state index in [9.17, 15) is 14.4 Å². The van der Waals surface area contributed by atoms with E-state index in [1.807, 2.05) is 0 Å². The van der Waals surface area contributed by atoms with Gasteiger partial charge in [-0.25, -0.2) is 4.79 Å². The summed E-state index contributed by atoms with van der Waals surface area (Å²) in [7, 11) is 0. The van der Waals surface area contributed by atoms with Gasteiger partial charge in [0.2, 0.25) is 6.79 Å². The van der Waals surface area contributed by atoms with Crippen LogP contribution in [-0.4, -0.2) is 35.1 Å². The van der Waals surface area contributed by atoms with E-state index in [1.54, 1.807) is 18.2 Å². The highest BCUT2D eigenvalue weighted by molar-refractivity contribution is 5.92. The number of carboxylic acid groups (broad SMARTS) is 1.